The Morgan fingerprint density at radius 1 is 1.17 bits per heavy atom. The molecule has 5 atom stereocenters. The zero-order chi connectivity index (χ0) is 18.0. The standard InChI is InChI=1S/C14H17Cl2NO7/c1-23-12-6(16)3-2-5(15)8(12)13(21)17-4-7-9(18)10(19)11(20)14(22)24-7/h2-3,7,9-11,14,18-20,22H,4H2,1H3,(H,17,21)/t7-,9-,10+,11-,14?/m1/s1. The van der Waals surface area contributed by atoms with Gasteiger partial charge in [0, 0.05) is 6.54 Å². The van der Waals surface area contributed by atoms with Crippen molar-refractivity contribution in [2.24, 2.45) is 0 Å². The van der Waals surface area contributed by atoms with Crippen molar-refractivity contribution in [2.75, 3.05) is 13.7 Å². The summed E-state index contributed by atoms with van der Waals surface area (Å²) in [5, 5.41) is 41.1. The minimum absolute atomic E-state index is 0.00176. The molecule has 5 N–H and O–H groups in total. The maximum Gasteiger partial charge on any atom is 0.256 e. The Bertz CT molecular complexity index is 615. The third-order valence-corrected chi connectivity index (χ3v) is 4.25. The van der Waals surface area contributed by atoms with E-state index >= 15 is 0 Å². The van der Waals surface area contributed by atoms with Crippen molar-refractivity contribution in [1.29, 1.82) is 0 Å². The number of hydrogen-bond acceptors (Lipinski definition) is 7. The van der Waals surface area contributed by atoms with Gasteiger partial charge in [0.2, 0.25) is 0 Å². The summed E-state index contributed by atoms with van der Waals surface area (Å²) < 4.78 is 10.0. The van der Waals surface area contributed by atoms with Crippen molar-refractivity contribution in [2.45, 2.75) is 30.7 Å². The van der Waals surface area contributed by atoms with E-state index in [-0.39, 0.29) is 27.9 Å². The first-order valence-electron chi connectivity index (χ1n) is 6.95. The Kier molecular flexibility index (Phi) is 6.27. The number of methoxy groups -OCH3 is 1. The first-order valence-corrected chi connectivity index (χ1v) is 7.71. The normalized spacial score (nSPS) is 30.0. The maximum absolute atomic E-state index is 12.3. The average molecular weight is 382 g/mol. The van der Waals surface area contributed by atoms with E-state index in [1.165, 1.54) is 19.2 Å². The van der Waals surface area contributed by atoms with E-state index in [1.54, 1.807) is 0 Å². The van der Waals surface area contributed by atoms with Crippen LogP contribution >= 0.6 is 23.2 Å². The molecule has 0 aliphatic carbocycles. The topological polar surface area (TPSA) is 128 Å². The maximum atomic E-state index is 12.3. The van der Waals surface area contributed by atoms with Gasteiger partial charge in [0.1, 0.15) is 30.0 Å². The molecule has 1 amide bonds. The highest BCUT2D eigenvalue weighted by atomic mass is 35.5. The lowest BCUT2D eigenvalue weighted by atomic mass is 9.99. The largest absolute Gasteiger partial charge is 0.494 e. The van der Waals surface area contributed by atoms with E-state index < -0.39 is 36.6 Å². The molecule has 1 saturated heterocycles. The Morgan fingerprint density at radius 2 is 1.79 bits per heavy atom. The van der Waals surface area contributed by atoms with Crippen molar-refractivity contribution in [1.82, 2.24) is 5.32 Å². The lowest BCUT2D eigenvalue weighted by Crippen LogP contribution is -2.60. The summed E-state index contributed by atoms with van der Waals surface area (Å²) >= 11 is 11.9. The number of hydrogen-bond donors (Lipinski definition) is 5. The van der Waals surface area contributed by atoms with Crippen LogP contribution in [0.15, 0.2) is 12.1 Å². The van der Waals surface area contributed by atoms with Crippen LogP contribution in [0.1, 0.15) is 10.4 Å². The van der Waals surface area contributed by atoms with Crippen LogP contribution in [0.3, 0.4) is 0 Å². The zero-order valence-electron chi connectivity index (χ0n) is 12.5. The third kappa shape index (κ3) is 3.75. The average Bonchev–Trinajstić information content (AvgIpc) is 2.56. The molecular formula is C14H17Cl2NO7. The number of aliphatic hydroxyl groups is 4. The predicted molar refractivity (Wildman–Crippen MR) is 84.2 cm³/mol. The zero-order valence-corrected chi connectivity index (χ0v) is 14.0. The van der Waals surface area contributed by atoms with Crippen molar-refractivity contribution in [3.63, 3.8) is 0 Å². The van der Waals surface area contributed by atoms with Gasteiger partial charge in [0.05, 0.1) is 17.2 Å². The quantitative estimate of drug-likeness (QED) is 0.476. The minimum Gasteiger partial charge on any atom is -0.494 e. The van der Waals surface area contributed by atoms with Crippen molar-refractivity contribution in [3.8, 4) is 5.75 Å². The summed E-state index contributed by atoms with van der Waals surface area (Å²) in [4.78, 5) is 12.3. The highest BCUT2D eigenvalue weighted by Crippen LogP contribution is 2.33. The summed E-state index contributed by atoms with van der Waals surface area (Å²) in [6.45, 7) is -0.257. The molecule has 0 radical (unpaired) electrons. The number of halogens is 2. The number of benzene rings is 1. The van der Waals surface area contributed by atoms with Gasteiger partial charge in [-0.05, 0) is 12.1 Å². The number of ether oxygens (including phenoxy) is 2. The lowest BCUT2D eigenvalue weighted by Gasteiger charge is -2.38. The molecule has 10 heteroatoms. The molecule has 0 bridgehead atoms. The molecule has 1 unspecified atom stereocenters. The highest BCUT2D eigenvalue weighted by Gasteiger charge is 2.43. The second-order valence-corrected chi connectivity index (χ2v) is 6.00. The lowest BCUT2D eigenvalue weighted by molar-refractivity contribution is -0.279. The molecule has 1 fully saturated rings. The first kappa shape index (κ1) is 19.2. The number of carbonyl (C=O) groups excluding carboxylic acids is 1. The molecule has 134 valence electrons. The van der Waals surface area contributed by atoms with Gasteiger partial charge < -0.3 is 35.2 Å². The van der Waals surface area contributed by atoms with E-state index in [0.717, 1.165) is 0 Å². The summed E-state index contributed by atoms with van der Waals surface area (Å²) in [6, 6.07) is 2.90. The van der Waals surface area contributed by atoms with Crippen LogP contribution in [0.2, 0.25) is 10.0 Å². The highest BCUT2D eigenvalue weighted by molar-refractivity contribution is 6.37. The summed E-state index contributed by atoms with van der Waals surface area (Å²) in [7, 11) is 1.33. The van der Waals surface area contributed by atoms with Crippen LogP contribution in [0.5, 0.6) is 5.75 Å². The molecule has 0 aromatic heterocycles. The summed E-state index contributed by atoms with van der Waals surface area (Å²) in [5.41, 5.74) is -0.00176. The van der Waals surface area contributed by atoms with Gasteiger partial charge in [-0.25, -0.2) is 0 Å². The van der Waals surface area contributed by atoms with Gasteiger partial charge in [-0.15, -0.1) is 0 Å². The van der Waals surface area contributed by atoms with Crippen LogP contribution in [0.4, 0.5) is 0 Å². The second kappa shape index (κ2) is 7.83. The van der Waals surface area contributed by atoms with Crippen LogP contribution in [0.25, 0.3) is 0 Å². The second-order valence-electron chi connectivity index (χ2n) is 5.18. The number of rotatable bonds is 4. The van der Waals surface area contributed by atoms with Crippen LogP contribution in [0, 0.1) is 0 Å². The van der Waals surface area contributed by atoms with E-state index in [1.807, 2.05) is 0 Å². The molecule has 1 aliphatic rings. The number of nitrogens with one attached hydrogen (secondary N) is 1. The Labute approximate surface area is 147 Å². The SMILES string of the molecule is COc1c(Cl)ccc(Cl)c1C(=O)NC[C@H]1OC(O)[C@H](O)[C@@H](O)[C@@H]1O. The smallest absolute Gasteiger partial charge is 0.256 e. The minimum atomic E-state index is -1.69. The molecule has 1 aliphatic heterocycles. The molecule has 0 spiro atoms. The van der Waals surface area contributed by atoms with Crippen molar-refractivity contribution >= 4 is 29.1 Å². The number of amides is 1. The van der Waals surface area contributed by atoms with Crippen molar-refractivity contribution in [3.05, 3.63) is 27.7 Å². The van der Waals surface area contributed by atoms with Gasteiger partial charge in [0.25, 0.3) is 5.91 Å². The third-order valence-electron chi connectivity index (χ3n) is 3.64. The molecular weight excluding hydrogens is 365 g/mol. The van der Waals surface area contributed by atoms with Crippen LogP contribution in [-0.2, 0) is 4.74 Å². The predicted octanol–water partition coefficient (Wildman–Crippen LogP) is -0.468. The van der Waals surface area contributed by atoms with Crippen LogP contribution in [-0.4, -0.2) is 70.7 Å². The fourth-order valence-electron chi connectivity index (χ4n) is 2.33. The van der Waals surface area contributed by atoms with Gasteiger partial charge in [-0.2, -0.15) is 0 Å². The fourth-order valence-corrected chi connectivity index (χ4v) is 2.79. The Morgan fingerprint density at radius 3 is 2.42 bits per heavy atom. The van der Waals surface area contributed by atoms with Crippen LogP contribution < -0.4 is 10.1 Å². The first-order chi connectivity index (χ1) is 11.3. The van der Waals surface area contributed by atoms with E-state index in [0.29, 0.717) is 0 Å². The van der Waals surface area contributed by atoms with Gasteiger partial charge in [0.15, 0.2) is 12.0 Å². The van der Waals surface area contributed by atoms with E-state index in [9.17, 15) is 25.2 Å². The van der Waals surface area contributed by atoms with E-state index in [4.69, 9.17) is 32.7 Å². The van der Waals surface area contributed by atoms with Gasteiger partial charge in [-0.3, -0.25) is 4.79 Å². The molecule has 24 heavy (non-hydrogen) atoms. The monoisotopic (exact) mass is 381 g/mol. The summed E-state index contributed by atoms with van der Waals surface area (Å²) in [6.07, 6.45) is -7.57. The van der Waals surface area contributed by atoms with Gasteiger partial charge >= 0.3 is 0 Å². The molecule has 2 rings (SSSR count). The molecule has 1 aromatic rings. The Balaban J connectivity index is 2.10. The number of carbonyl (C=O) groups is 1. The van der Waals surface area contributed by atoms with Crippen molar-refractivity contribution < 1.29 is 34.7 Å². The molecule has 0 saturated carbocycles. The summed E-state index contributed by atoms with van der Waals surface area (Å²) in [5.74, 6) is -0.562. The fraction of sp³-hybridized carbons (Fsp3) is 0.500. The van der Waals surface area contributed by atoms with E-state index in [2.05, 4.69) is 5.32 Å². The van der Waals surface area contributed by atoms with Gasteiger partial charge in [-0.1, -0.05) is 23.2 Å². The molecule has 1 aromatic carbocycles. The molecule has 8 nitrogen and oxygen atoms in total. The number of aliphatic hydroxyl groups excluding tert-OH is 4. The Hall–Kier alpha value is -1.13. The molecule has 1 heterocycles.